The van der Waals surface area contributed by atoms with Gasteiger partial charge in [-0.3, -0.25) is 0 Å². The molecule has 6 fully saturated rings. The molecule has 34 heteroatoms. The zero-order valence-corrected chi connectivity index (χ0v) is 38.1. The molecule has 6 saturated heterocycles. The number of rotatable bonds is 4. The van der Waals surface area contributed by atoms with Crippen LogP contribution in [0.4, 0.5) is 77.7 Å². The molecule has 0 aliphatic carbocycles. The van der Waals surface area contributed by atoms with Gasteiger partial charge in [-0.2, -0.15) is 21.0 Å². The van der Waals surface area contributed by atoms with E-state index in [4.69, 9.17) is 63.2 Å². The maximum Gasteiger partial charge on any atom is 0.309 e. The first kappa shape index (κ1) is 54.8. The first-order chi connectivity index (χ1) is 28.3. The standard InChI is InChI=1S/2C8H9ClF5NOS.2C8H8F5NOS/c1-8-2-4(3-15)5(16-8)6(7(8)9)17(10,11,12,13)14;1-8-4(3-15)2-5(16-8)6(7(8)9)17(10,11,12,13)14;1-8-2-5(4-14)7(15-8)6(3-8)16(9,10,11,12)13;1-8-3-7(16(9,10,11,12)13)6(15-8)2-5(8)4-14/h2*4-7H,2H2,1H3;3,5,7H,2H2,1H3;3,5-6H,2H2,1H3. The summed E-state index contributed by atoms with van der Waals surface area (Å²) >= 11 is 11.0. The molecule has 8 rings (SSSR count). The van der Waals surface area contributed by atoms with E-state index < -0.39 is 142 Å². The van der Waals surface area contributed by atoms with Crippen molar-refractivity contribution in [3.63, 3.8) is 0 Å². The van der Waals surface area contributed by atoms with Crippen molar-refractivity contribution in [3.8, 4) is 24.3 Å². The highest BCUT2D eigenvalue weighted by atomic mass is 35.5. The van der Waals surface area contributed by atoms with E-state index in [1.54, 1.807) is 24.3 Å². The number of halogens is 22. The van der Waals surface area contributed by atoms with E-state index in [1.165, 1.54) is 27.7 Å². The highest BCUT2D eigenvalue weighted by Crippen LogP contribution is 3.05. The second-order valence-corrected chi connectivity index (χ2v) is 28.9. The Hall–Kier alpha value is -2.14. The molecular weight excluding hydrogens is 1080 g/mol. The minimum Gasteiger partial charge on any atom is -0.367 e. The molecule has 0 amide bonds. The lowest BCUT2D eigenvalue weighted by atomic mass is 9.80. The highest BCUT2D eigenvalue weighted by molar-refractivity contribution is 8.49. The normalized spacial score (nSPS) is 46.0. The zero-order valence-electron chi connectivity index (χ0n) is 33.3. The van der Waals surface area contributed by atoms with Crippen molar-refractivity contribution in [3.05, 3.63) is 22.0 Å². The smallest absolute Gasteiger partial charge is 0.309 e. The first-order valence-corrected chi connectivity index (χ1v) is 27.1. The van der Waals surface area contributed by atoms with E-state index in [1.807, 2.05) is 0 Å². The van der Waals surface area contributed by atoms with Gasteiger partial charge in [-0.25, -0.2) is 0 Å². The predicted molar refractivity (Wildman–Crippen MR) is 204 cm³/mol. The molecule has 8 heterocycles. The van der Waals surface area contributed by atoms with Crippen LogP contribution in [0.1, 0.15) is 53.4 Å². The molecule has 0 spiro atoms. The van der Waals surface area contributed by atoms with Gasteiger partial charge in [-0.05, 0) is 65.5 Å². The number of alkyl halides is 2. The lowest BCUT2D eigenvalue weighted by molar-refractivity contribution is 0.0181. The van der Waals surface area contributed by atoms with Gasteiger partial charge in [0.15, 0.2) is 0 Å². The Kier molecular flexibility index (Phi) is 10.5. The number of hydrogen-bond acceptors (Lipinski definition) is 8. The van der Waals surface area contributed by atoms with Crippen LogP contribution in [0.2, 0.25) is 0 Å². The molecule has 0 saturated carbocycles. The summed E-state index contributed by atoms with van der Waals surface area (Å²) in [7, 11) is -38.8. The van der Waals surface area contributed by atoms with Gasteiger partial charge in [0.1, 0.15) is 32.0 Å². The van der Waals surface area contributed by atoms with E-state index in [0.29, 0.717) is 12.2 Å². The molecule has 0 aromatic rings. The SMILES string of the molecule is CC12C=C(S(F)(F)(F)(F)F)C(CC1C#N)O2.CC12C=C(S(F)(F)(F)(F)F)C(O1)C(C#N)C2.CC12CC(C#N)C(O1)C(S(F)(F)(F)(F)F)C2Cl.CC12OC(CC1C#N)C(S(F)(F)(F)(F)F)C2Cl. The van der Waals surface area contributed by atoms with E-state index in [0.717, 1.165) is 0 Å². The molecule has 0 aromatic heterocycles. The summed E-state index contributed by atoms with van der Waals surface area (Å²) in [5.74, 6) is -4.04. The van der Waals surface area contributed by atoms with Gasteiger partial charge in [0.05, 0.1) is 93.8 Å². The van der Waals surface area contributed by atoms with Crippen molar-refractivity contribution in [1.82, 2.24) is 0 Å². The van der Waals surface area contributed by atoms with Crippen LogP contribution in [-0.2, 0) is 18.9 Å². The Labute approximate surface area is 371 Å². The Balaban J connectivity index is 0.000000165. The van der Waals surface area contributed by atoms with Crippen molar-refractivity contribution in [1.29, 1.82) is 21.0 Å². The topological polar surface area (TPSA) is 132 Å². The van der Waals surface area contributed by atoms with Crippen LogP contribution < -0.4 is 0 Å². The van der Waals surface area contributed by atoms with E-state index in [9.17, 15) is 77.7 Å². The fourth-order valence-electron chi connectivity index (χ4n) is 9.42. The lowest BCUT2D eigenvalue weighted by Gasteiger charge is -2.50. The molecule has 8 aliphatic rings. The van der Waals surface area contributed by atoms with E-state index in [2.05, 4.69) is 0 Å². The highest BCUT2D eigenvalue weighted by Gasteiger charge is 2.83. The summed E-state index contributed by atoms with van der Waals surface area (Å²) in [6.45, 7) is 4.91. The third kappa shape index (κ3) is 10.2. The maximum absolute atomic E-state index is 12.8. The van der Waals surface area contributed by atoms with Gasteiger partial charge in [-0.1, -0.05) is 77.7 Å². The molecule has 16 unspecified atom stereocenters. The summed E-state index contributed by atoms with van der Waals surface area (Å²) in [5, 5.41) is 24.9. The van der Waals surface area contributed by atoms with Crippen LogP contribution in [0.15, 0.2) is 22.0 Å². The van der Waals surface area contributed by atoms with Crippen LogP contribution in [-0.4, -0.2) is 68.1 Å². The molecule has 66 heavy (non-hydrogen) atoms. The average Bonchev–Trinajstić information content (AvgIpc) is 3.92. The fourth-order valence-corrected chi connectivity index (χ4v) is 16.4. The van der Waals surface area contributed by atoms with Gasteiger partial charge < -0.3 is 18.9 Å². The zero-order chi connectivity index (χ0) is 51.6. The number of hydrogen-bond donors (Lipinski definition) is 0. The van der Waals surface area contributed by atoms with Crippen LogP contribution in [0.25, 0.3) is 0 Å². The minimum atomic E-state index is -9.77. The van der Waals surface area contributed by atoms with Gasteiger partial charge in [-0.15, -0.1) is 23.2 Å². The average molecular weight is 1120 g/mol. The summed E-state index contributed by atoms with van der Waals surface area (Å²) in [4.78, 5) is -3.82. The number of fused-ring (bicyclic) bond motifs is 8. The van der Waals surface area contributed by atoms with Gasteiger partial charge in [0.25, 0.3) is 20.4 Å². The van der Waals surface area contributed by atoms with Crippen molar-refractivity contribution in [2.45, 2.75) is 121 Å². The van der Waals surface area contributed by atoms with Crippen molar-refractivity contribution >= 4 is 64.1 Å². The molecule has 0 aromatic carbocycles. The molecule has 0 N–H and O–H groups in total. The first-order valence-electron chi connectivity index (χ1n) is 18.3. The molecule has 8 nitrogen and oxygen atoms in total. The second kappa shape index (κ2) is 12.7. The number of nitrogens with zero attached hydrogens (tertiary/aromatic N) is 4. The summed E-state index contributed by atoms with van der Waals surface area (Å²) in [6, 6.07) is 6.68. The molecular formula is C32H34Cl2F20N4O4S4. The summed E-state index contributed by atoms with van der Waals surface area (Å²) in [5.41, 5.74) is -6.09. The van der Waals surface area contributed by atoms with Gasteiger partial charge in [0, 0.05) is 0 Å². The fraction of sp³-hybridized carbons (Fsp3) is 0.750. The number of nitriles is 4. The van der Waals surface area contributed by atoms with Crippen LogP contribution >= 0.6 is 64.1 Å². The molecule has 0 radical (unpaired) electrons. The molecule has 8 aliphatic heterocycles. The minimum absolute atomic E-state index is 0.0194. The Morgan fingerprint density at radius 3 is 1.38 bits per heavy atom. The quantitative estimate of drug-likeness (QED) is 0.201. The van der Waals surface area contributed by atoms with Crippen LogP contribution in [0.3, 0.4) is 0 Å². The van der Waals surface area contributed by atoms with Crippen LogP contribution in [0.5, 0.6) is 0 Å². The van der Waals surface area contributed by atoms with E-state index in [-0.39, 0.29) is 25.7 Å². The van der Waals surface area contributed by atoms with Gasteiger partial charge in [0.2, 0.25) is 0 Å². The predicted octanol–water partition coefficient (Wildman–Crippen LogP) is 15.7. The van der Waals surface area contributed by atoms with Crippen molar-refractivity contribution in [2.24, 2.45) is 23.7 Å². The molecule has 384 valence electrons. The summed E-state index contributed by atoms with van der Waals surface area (Å²) < 4.78 is 273. The van der Waals surface area contributed by atoms with E-state index >= 15 is 0 Å². The second-order valence-electron chi connectivity index (χ2n) is 17.9. The van der Waals surface area contributed by atoms with Crippen molar-refractivity contribution < 1.29 is 96.7 Å². The van der Waals surface area contributed by atoms with Gasteiger partial charge >= 0.3 is 20.4 Å². The largest absolute Gasteiger partial charge is 0.367 e. The third-order valence-corrected chi connectivity index (χ3v) is 19.8. The molecule has 8 bridgehead atoms. The lowest BCUT2D eigenvalue weighted by Crippen LogP contribution is -2.49. The summed E-state index contributed by atoms with van der Waals surface area (Å²) in [6.07, 6.45) is -7.04. The Bertz CT molecular complexity index is 2380. The monoisotopic (exact) mass is 1120 g/mol. The maximum atomic E-state index is 12.8. The third-order valence-electron chi connectivity index (χ3n) is 12.4. The van der Waals surface area contributed by atoms with Crippen molar-refractivity contribution in [2.75, 3.05) is 0 Å². The Morgan fingerprint density at radius 2 is 1.03 bits per heavy atom. The van der Waals surface area contributed by atoms with Crippen LogP contribution in [0, 0.1) is 69.0 Å². The molecule has 16 atom stereocenters. The Morgan fingerprint density at radius 1 is 0.545 bits per heavy atom. The number of ether oxygens (including phenoxy) is 4.